The van der Waals surface area contributed by atoms with Crippen molar-refractivity contribution in [2.75, 3.05) is 18.4 Å². The number of carbonyl (C=O) groups is 1. The molecule has 20 heavy (non-hydrogen) atoms. The first-order valence-corrected chi connectivity index (χ1v) is 7.13. The number of amides is 1. The van der Waals surface area contributed by atoms with Crippen LogP contribution in [0.15, 0.2) is 0 Å². The summed E-state index contributed by atoms with van der Waals surface area (Å²) in [6, 6.07) is -0.246. The maximum absolute atomic E-state index is 12.4. The van der Waals surface area contributed by atoms with Gasteiger partial charge < -0.3 is 10.4 Å². The minimum atomic E-state index is -0.319. The van der Waals surface area contributed by atoms with Crippen LogP contribution >= 0.6 is 0 Å². The predicted molar refractivity (Wildman–Crippen MR) is 77.6 cm³/mol. The van der Waals surface area contributed by atoms with E-state index in [9.17, 15) is 9.90 Å². The van der Waals surface area contributed by atoms with E-state index in [4.69, 9.17) is 0 Å². The Hall–Kier alpha value is -1.40. The molecule has 1 aromatic rings. The molecule has 2 N–H and O–H groups in total. The van der Waals surface area contributed by atoms with E-state index >= 15 is 0 Å². The summed E-state index contributed by atoms with van der Waals surface area (Å²) in [5, 5.41) is 17.0. The summed E-state index contributed by atoms with van der Waals surface area (Å²) < 4.78 is 1.76. The van der Waals surface area contributed by atoms with Crippen LogP contribution in [-0.2, 0) is 11.8 Å². The van der Waals surface area contributed by atoms with Crippen molar-refractivity contribution in [1.29, 1.82) is 0 Å². The third-order valence-corrected chi connectivity index (χ3v) is 4.11. The minimum absolute atomic E-state index is 0.0432. The monoisotopic (exact) mass is 280 g/mol. The van der Waals surface area contributed by atoms with E-state index in [1.807, 2.05) is 32.7 Å². The number of piperidine rings is 1. The topological polar surface area (TPSA) is 70.4 Å². The van der Waals surface area contributed by atoms with Gasteiger partial charge in [-0.25, -0.2) is 0 Å². The lowest BCUT2D eigenvalue weighted by Crippen LogP contribution is -2.48. The second-order valence-corrected chi connectivity index (χ2v) is 5.63. The molecule has 0 radical (unpaired) electrons. The highest BCUT2D eigenvalue weighted by atomic mass is 16.3. The summed E-state index contributed by atoms with van der Waals surface area (Å²) >= 11 is 0. The van der Waals surface area contributed by atoms with Crippen molar-refractivity contribution in [2.45, 2.75) is 45.8 Å². The first-order valence-electron chi connectivity index (χ1n) is 7.13. The average Bonchev–Trinajstić information content (AvgIpc) is 2.64. The quantitative estimate of drug-likeness (QED) is 0.860. The van der Waals surface area contributed by atoms with Crippen LogP contribution in [-0.4, -0.2) is 50.9 Å². The second kappa shape index (κ2) is 5.93. The van der Waals surface area contributed by atoms with E-state index in [0.29, 0.717) is 6.54 Å². The summed E-state index contributed by atoms with van der Waals surface area (Å²) in [5.74, 6) is -0.0432. The highest BCUT2D eigenvalue weighted by Gasteiger charge is 2.27. The van der Waals surface area contributed by atoms with Crippen LogP contribution in [0.5, 0.6) is 0 Å². The van der Waals surface area contributed by atoms with Gasteiger partial charge in [-0.2, -0.15) is 5.10 Å². The molecule has 0 spiro atoms. The molecule has 6 nitrogen and oxygen atoms in total. The summed E-state index contributed by atoms with van der Waals surface area (Å²) in [5.41, 5.74) is 2.56. The molecule has 1 aliphatic rings. The molecule has 2 heterocycles. The van der Waals surface area contributed by atoms with Gasteiger partial charge in [-0.15, -0.1) is 0 Å². The van der Waals surface area contributed by atoms with E-state index in [-0.39, 0.29) is 18.1 Å². The van der Waals surface area contributed by atoms with Crippen molar-refractivity contribution in [3.8, 4) is 0 Å². The normalized spacial score (nSPS) is 21.8. The van der Waals surface area contributed by atoms with Gasteiger partial charge >= 0.3 is 0 Å². The number of nitrogens with zero attached hydrogens (tertiary/aromatic N) is 3. The number of rotatable bonds is 3. The fraction of sp³-hybridized carbons (Fsp3) is 0.714. The Bertz CT molecular complexity index is 498. The van der Waals surface area contributed by atoms with Gasteiger partial charge in [0.25, 0.3) is 0 Å². The van der Waals surface area contributed by atoms with Crippen molar-refractivity contribution in [2.24, 2.45) is 7.05 Å². The van der Waals surface area contributed by atoms with Gasteiger partial charge in [0, 0.05) is 13.6 Å². The van der Waals surface area contributed by atoms with Gasteiger partial charge in [0.1, 0.15) is 0 Å². The molecule has 2 rings (SSSR count). The second-order valence-electron chi connectivity index (χ2n) is 5.63. The fourth-order valence-corrected chi connectivity index (χ4v) is 2.68. The largest absolute Gasteiger partial charge is 0.392 e. The third kappa shape index (κ3) is 3.02. The van der Waals surface area contributed by atoms with Crippen LogP contribution in [0, 0.1) is 13.8 Å². The number of nitrogens with one attached hydrogen (secondary N) is 1. The highest BCUT2D eigenvalue weighted by molar-refractivity contribution is 5.95. The Morgan fingerprint density at radius 2 is 2.20 bits per heavy atom. The number of carbonyl (C=O) groups excluding carboxylic acids is 1. The Kier molecular flexibility index (Phi) is 4.45. The van der Waals surface area contributed by atoms with Gasteiger partial charge in [-0.1, -0.05) is 0 Å². The van der Waals surface area contributed by atoms with Crippen LogP contribution in [0.1, 0.15) is 31.2 Å². The summed E-state index contributed by atoms with van der Waals surface area (Å²) in [4.78, 5) is 14.4. The van der Waals surface area contributed by atoms with Gasteiger partial charge in [-0.05, 0) is 40.2 Å². The maximum Gasteiger partial charge on any atom is 0.241 e. The number of anilines is 1. The van der Waals surface area contributed by atoms with Gasteiger partial charge in [0.05, 0.1) is 29.2 Å². The molecular weight excluding hydrogens is 256 g/mol. The van der Waals surface area contributed by atoms with E-state index < -0.39 is 0 Å². The van der Waals surface area contributed by atoms with Gasteiger partial charge in [-0.3, -0.25) is 14.4 Å². The molecule has 1 aromatic heterocycles. The first-order chi connectivity index (χ1) is 9.40. The molecule has 1 aliphatic heterocycles. The zero-order chi connectivity index (χ0) is 14.9. The van der Waals surface area contributed by atoms with Crippen molar-refractivity contribution < 1.29 is 9.90 Å². The predicted octanol–water partition coefficient (Wildman–Crippen LogP) is 0.821. The lowest BCUT2D eigenvalue weighted by atomic mass is 10.1. The number of aryl methyl sites for hydroxylation is 2. The third-order valence-electron chi connectivity index (χ3n) is 4.11. The van der Waals surface area contributed by atoms with Crippen molar-refractivity contribution >= 4 is 11.6 Å². The molecule has 1 saturated heterocycles. The highest BCUT2D eigenvalue weighted by Crippen LogP contribution is 2.20. The van der Waals surface area contributed by atoms with Crippen LogP contribution in [0.4, 0.5) is 5.69 Å². The van der Waals surface area contributed by atoms with Crippen LogP contribution in [0.3, 0.4) is 0 Å². The maximum atomic E-state index is 12.4. The van der Waals surface area contributed by atoms with E-state index in [2.05, 4.69) is 10.4 Å². The SMILES string of the molecule is Cc1nn(C)c(C)c1NC(=O)C(C)N1CCCC(O)C1. The number of hydrogen-bond acceptors (Lipinski definition) is 4. The van der Waals surface area contributed by atoms with E-state index in [1.54, 1.807) is 4.68 Å². The number of β-amino-alcohol motifs (C(OH)–C–C–N with tert-alkyl or cyclic N) is 1. The zero-order valence-electron chi connectivity index (χ0n) is 12.7. The summed E-state index contributed by atoms with van der Waals surface area (Å²) in [6.07, 6.45) is 1.44. The Morgan fingerprint density at radius 1 is 1.50 bits per heavy atom. The number of hydrogen-bond donors (Lipinski definition) is 2. The minimum Gasteiger partial charge on any atom is -0.392 e. The molecule has 112 valence electrons. The van der Waals surface area contributed by atoms with Crippen LogP contribution in [0.25, 0.3) is 0 Å². The molecule has 0 saturated carbocycles. The molecule has 0 bridgehead atoms. The van der Waals surface area contributed by atoms with Gasteiger partial charge in [0.2, 0.25) is 5.91 Å². The molecule has 2 atom stereocenters. The number of likely N-dealkylation sites (tertiary alicyclic amines) is 1. The van der Waals surface area contributed by atoms with Crippen LogP contribution in [0.2, 0.25) is 0 Å². The zero-order valence-corrected chi connectivity index (χ0v) is 12.7. The molecule has 1 amide bonds. The molecule has 2 unspecified atom stereocenters. The average molecular weight is 280 g/mol. The lowest BCUT2D eigenvalue weighted by molar-refractivity contribution is -0.121. The van der Waals surface area contributed by atoms with Crippen LogP contribution < -0.4 is 5.32 Å². The Labute approximate surface area is 119 Å². The standard InChI is InChI=1S/C14H24N4O2/c1-9-13(10(2)17(4)16-9)15-14(20)11(3)18-7-5-6-12(19)8-18/h11-12,19H,5-8H2,1-4H3,(H,15,20). The van der Waals surface area contributed by atoms with E-state index in [1.165, 1.54) is 0 Å². The van der Waals surface area contributed by atoms with Gasteiger partial charge in [0.15, 0.2) is 0 Å². The van der Waals surface area contributed by atoms with Crippen molar-refractivity contribution in [3.05, 3.63) is 11.4 Å². The number of aromatic nitrogens is 2. The Balaban J connectivity index is 2.04. The lowest BCUT2D eigenvalue weighted by Gasteiger charge is -2.33. The van der Waals surface area contributed by atoms with Crippen molar-refractivity contribution in [3.63, 3.8) is 0 Å². The summed E-state index contributed by atoms with van der Waals surface area (Å²) in [6.45, 7) is 7.13. The first kappa shape index (κ1) is 15.0. The summed E-state index contributed by atoms with van der Waals surface area (Å²) in [7, 11) is 1.86. The molecular formula is C14H24N4O2. The number of aliphatic hydroxyl groups is 1. The molecule has 1 fully saturated rings. The fourth-order valence-electron chi connectivity index (χ4n) is 2.68. The Morgan fingerprint density at radius 3 is 2.75 bits per heavy atom. The van der Waals surface area contributed by atoms with E-state index in [0.717, 1.165) is 36.5 Å². The molecule has 0 aliphatic carbocycles. The number of aliphatic hydroxyl groups excluding tert-OH is 1. The molecule has 6 heteroatoms. The van der Waals surface area contributed by atoms with Crippen molar-refractivity contribution in [1.82, 2.24) is 14.7 Å². The molecule has 0 aromatic carbocycles. The smallest absolute Gasteiger partial charge is 0.241 e.